The number of likely N-dealkylation sites (tertiary alicyclic amines) is 1. The summed E-state index contributed by atoms with van der Waals surface area (Å²) in [5.74, 6) is -0.267. The molecule has 1 saturated heterocycles. The smallest absolute Gasteiger partial charge is 0.119 e. The Labute approximate surface area is 149 Å². The van der Waals surface area contributed by atoms with Gasteiger partial charge >= 0.3 is 0 Å². The van der Waals surface area contributed by atoms with Crippen molar-refractivity contribution in [3.05, 3.63) is 54.2 Å². The van der Waals surface area contributed by atoms with Crippen molar-refractivity contribution < 1.29 is 4.39 Å². The van der Waals surface area contributed by atoms with E-state index in [0.717, 1.165) is 23.4 Å². The van der Waals surface area contributed by atoms with Crippen LogP contribution in [0.3, 0.4) is 0 Å². The van der Waals surface area contributed by atoms with Gasteiger partial charge in [-0.1, -0.05) is 43.3 Å². The molecule has 3 atom stereocenters. The topological polar surface area (TPSA) is 39.9 Å². The third-order valence-corrected chi connectivity index (χ3v) is 5.58. The summed E-state index contributed by atoms with van der Waals surface area (Å²) in [4.78, 5) is 6.66. The van der Waals surface area contributed by atoms with Gasteiger partial charge in [0.15, 0.2) is 0 Å². The minimum absolute atomic E-state index is 0.267. The van der Waals surface area contributed by atoms with Gasteiger partial charge < -0.3 is 0 Å². The SMILES string of the molecule is CC(C#N)C1(C)CCN(Cc2ccc(-c3ccccc3)nc2)CC1F. The van der Waals surface area contributed by atoms with Gasteiger partial charge in [0.2, 0.25) is 0 Å². The molecule has 0 aliphatic carbocycles. The number of pyridine rings is 1. The van der Waals surface area contributed by atoms with Crippen molar-refractivity contribution in [2.45, 2.75) is 33.0 Å². The molecule has 0 saturated carbocycles. The Bertz CT molecular complexity index is 738. The molecular formula is C21H24FN3. The van der Waals surface area contributed by atoms with Crippen molar-refractivity contribution in [3.8, 4) is 17.3 Å². The summed E-state index contributed by atoms with van der Waals surface area (Å²) in [6.45, 7) is 5.61. The zero-order valence-electron chi connectivity index (χ0n) is 14.8. The van der Waals surface area contributed by atoms with Crippen LogP contribution in [0.4, 0.5) is 4.39 Å². The van der Waals surface area contributed by atoms with Gasteiger partial charge in [-0.3, -0.25) is 9.88 Å². The van der Waals surface area contributed by atoms with Gasteiger partial charge in [0, 0.05) is 30.3 Å². The first kappa shape index (κ1) is 17.6. The molecule has 0 amide bonds. The van der Waals surface area contributed by atoms with Crippen LogP contribution >= 0.6 is 0 Å². The van der Waals surface area contributed by atoms with E-state index in [1.54, 1.807) is 0 Å². The normalized spacial score (nSPS) is 25.3. The van der Waals surface area contributed by atoms with E-state index < -0.39 is 11.6 Å². The van der Waals surface area contributed by atoms with E-state index in [1.807, 2.05) is 56.4 Å². The second kappa shape index (κ2) is 7.33. The average Bonchev–Trinajstić information content (AvgIpc) is 2.65. The third-order valence-electron chi connectivity index (χ3n) is 5.58. The Kier molecular flexibility index (Phi) is 5.15. The molecule has 3 unspecified atom stereocenters. The van der Waals surface area contributed by atoms with Crippen molar-refractivity contribution in [3.63, 3.8) is 0 Å². The number of hydrogen-bond acceptors (Lipinski definition) is 3. The summed E-state index contributed by atoms with van der Waals surface area (Å²) in [6.07, 6.45) is 1.60. The van der Waals surface area contributed by atoms with Crippen LogP contribution in [0.15, 0.2) is 48.7 Å². The highest BCUT2D eigenvalue weighted by Gasteiger charge is 2.43. The lowest BCUT2D eigenvalue weighted by Gasteiger charge is -2.43. The largest absolute Gasteiger partial charge is 0.296 e. The van der Waals surface area contributed by atoms with Crippen LogP contribution in [0.1, 0.15) is 25.8 Å². The van der Waals surface area contributed by atoms with E-state index >= 15 is 0 Å². The quantitative estimate of drug-likeness (QED) is 0.827. The zero-order chi connectivity index (χ0) is 17.9. The van der Waals surface area contributed by atoms with Crippen molar-refractivity contribution in [1.82, 2.24) is 9.88 Å². The monoisotopic (exact) mass is 337 g/mol. The zero-order valence-corrected chi connectivity index (χ0v) is 14.8. The fraction of sp³-hybridized carbons (Fsp3) is 0.429. The van der Waals surface area contributed by atoms with E-state index in [2.05, 4.69) is 22.0 Å². The Morgan fingerprint density at radius 2 is 2.08 bits per heavy atom. The Morgan fingerprint density at radius 3 is 2.68 bits per heavy atom. The molecule has 4 heteroatoms. The van der Waals surface area contributed by atoms with E-state index in [9.17, 15) is 4.39 Å². The van der Waals surface area contributed by atoms with Crippen LogP contribution in [0.25, 0.3) is 11.3 Å². The second-order valence-electron chi connectivity index (χ2n) is 7.23. The van der Waals surface area contributed by atoms with Gasteiger partial charge in [0.25, 0.3) is 0 Å². The molecule has 1 fully saturated rings. The lowest BCUT2D eigenvalue weighted by Crippen LogP contribution is -2.49. The van der Waals surface area contributed by atoms with Crippen molar-refractivity contribution in [2.75, 3.05) is 13.1 Å². The molecule has 1 aromatic carbocycles. The molecule has 0 spiro atoms. The molecule has 3 rings (SSSR count). The van der Waals surface area contributed by atoms with Gasteiger partial charge in [0.05, 0.1) is 17.7 Å². The fourth-order valence-corrected chi connectivity index (χ4v) is 3.42. The molecule has 25 heavy (non-hydrogen) atoms. The van der Waals surface area contributed by atoms with Gasteiger partial charge in [-0.2, -0.15) is 5.26 Å². The first-order chi connectivity index (χ1) is 12.0. The fourth-order valence-electron chi connectivity index (χ4n) is 3.42. The molecule has 1 aliphatic rings. The van der Waals surface area contributed by atoms with Crippen molar-refractivity contribution in [2.24, 2.45) is 11.3 Å². The van der Waals surface area contributed by atoms with Crippen LogP contribution in [0, 0.1) is 22.7 Å². The van der Waals surface area contributed by atoms with Gasteiger partial charge in [-0.25, -0.2) is 4.39 Å². The molecule has 1 aromatic heterocycles. The molecule has 2 aromatic rings. The first-order valence-corrected chi connectivity index (χ1v) is 8.79. The maximum Gasteiger partial charge on any atom is 0.119 e. The lowest BCUT2D eigenvalue weighted by atomic mass is 9.70. The number of nitriles is 1. The maximum absolute atomic E-state index is 14.7. The third kappa shape index (κ3) is 3.72. The van der Waals surface area contributed by atoms with Gasteiger partial charge in [-0.05, 0) is 31.5 Å². The highest BCUT2D eigenvalue weighted by molar-refractivity contribution is 5.58. The molecule has 3 nitrogen and oxygen atoms in total. The van der Waals surface area contributed by atoms with Crippen LogP contribution < -0.4 is 0 Å². The number of rotatable bonds is 4. The molecule has 2 heterocycles. The Hall–Kier alpha value is -2.25. The predicted molar refractivity (Wildman–Crippen MR) is 97.3 cm³/mol. The van der Waals surface area contributed by atoms with E-state index in [4.69, 9.17) is 5.26 Å². The summed E-state index contributed by atoms with van der Waals surface area (Å²) in [5, 5.41) is 9.15. The standard InChI is InChI=1S/C21H24FN3/c1-16(12-23)21(2)10-11-25(15-20(21)22)14-17-8-9-19(24-13-17)18-6-4-3-5-7-18/h3-9,13,16,20H,10-11,14-15H2,1-2H3. The highest BCUT2D eigenvalue weighted by atomic mass is 19.1. The molecule has 130 valence electrons. The van der Waals surface area contributed by atoms with E-state index in [0.29, 0.717) is 19.5 Å². The summed E-state index contributed by atoms with van der Waals surface area (Å²) < 4.78 is 14.7. The minimum atomic E-state index is -0.979. The summed E-state index contributed by atoms with van der Waals surface area (Å²) in [5.41, 5.74) is 2.59. The predicted octanol–water partition coefficient (Wildman–Crippen LogP) is 4.46. The van der Waals surface area contributed by atoms with Gasteiger partial charge in [0.1, 0.15) is 6.17 Å². The minimum Gasteiger partial charge on any atom is -0.296 e. The van der Waals surface area contributed by atoms with Crippen LogP contribution in [0.2, 0.25) is 0 Å². The second-order valence-corrected chi connectivity index (χ2v) is 7.23. The van der Waals surface area contributed by atoms with E-state index in [-0.39, 0.29) is 5.92 Å². The summed E-state index contributed by atoms with van der Waals surface area (Å²) in [6, 6.07) is 16.4. The molecule has 0 radical (unpaired) electrons. The summed E-state index contributed by atoms with van der Waals surface area (Å²) >= 11 is 0. The number of aromatic nitrogens is 1. The number of benzene rings is 1. The van der Waals surface area contributed by atoms with Gasteiger partial charge in [-0.15, -0.1) is 0 Å². The number of piperidine rings is 1. The number of hydrogen-bond donors (Lipinski definition) is 0. The Balaban J connectivity index is 1.63. The molecule has 0 bridgehead atoms. The maximum atomic E-state index is 14.7. The number of nitrogens with zero attached hydrogens (tertiary/aromatic N) is 3. The highest BCUT2D eigenvalue weighted by Crippen LogP contribution is 2.40. The van der Waals surface area contributed by atoms with Crippen molar-refractivity contribution >= 4 is 0 Å². The molecule has 1 aliphatic heterocycles. The summed E-state index contributed by atoms with van der Waals surface area (Å²) in [7, 11) is 0. The van der Waals surface area contributed by atoms with Crippen LogP contribution in [-0.4, -0.2) is 29.1 Å². The number of halogens is 1. The molecule has 0 N–H and O–H groups in total. The lowest BCUT2D eigenvalue weighted by molar-refractivity contribution is -0.00565. The van der Waals surface area contributed by atoms with Crippen molar-refractivity contribution in [1.29, 1.82) is 5.26 Å². The number of alkyl halides is 1. The Morgan fingerprint density at radius 1 is 1.32 bits per heavy atom. The average molecular weight is 337 g/mol. The van der Waals surface area contributed by atoms with Crippen LogP contribution in [-0.2, 0) is 6.54 Å². The first-order valence-electron chi connectivity index (χ1n) is 8.79. The van der Waals surface area contributed by atoms with Crippen LogP contribution in [0.5, 0.6) is 0 Å². The van der Waals surface area contributed by atoms with E-state index in [1.165, 1.54) is 0 Å². The molecular weight excluding hydrogens is 313 g/mol.